The summed E-state index contributed by atoms with van der Waals surface area (Å²) in [6.45, 7) is 2.60. The van der Waals surface area contributed by atoms with Gasteiger partial charge in [0.15, 0.2) is 0 Å². The van der Waals surface area contributed by atoms with Gasteiger partial charge in [0, 0.05) is 25.8 Å². The number of ether oxygens (including phenoxy) is 1. The SMILES string of the molecule is O=C(CNCc1ccccc1)NC1CCOCC1. The van der Waals surface area contributed by atoms with Gasteiger partial charge in [0.25, 0.3) is 0 Å². The predicted octanol–water partition coefficient (Wildman–Crippen LogP) is 1.07. The summed E-state index contributed by atoms with van der Waals surface area (Å²) in [5.41, 5.74) is 1.19. The molecule has 1 aliphatic rings. The maximum absolute atomic E-state index is 11.7. The Morgan fingerprint density at radius 1 is 1.22 bits per heavy atom. The van der Waals surface area contributed by atoms with E-state index in [2.05, 4.69) is 10.6 Å². The second-order valence-corrected chi connectivity index (χ2v) is 4.54. The number of carbonyl (C=O) groups is 1. The number of amides is 1. The minimum atomic E-state index is 0.0674. The molecule has 1 fully saturated rings. The van der Waals surface area contributed by atoms with E-state index in [4.69, 9.17) is 4.74 Å². The van der Waals surface area contributed by atoms with E-state index < -0.39 is 0 Å². The van der Waals surface area contributed by atoms with Gasteiger partial charge in [0.1, 0.15) is 0 Å². The van der Waals surface area contributed by atoms with E-state index in [0.29, 0.717) is 6.54 Å². The lowest BCUT2D eigenvalue weighted by atomic mass is 10.1. The Balaban J connectivity index is 1.62. The Hall–Kier alpha value is -1.39. The van der Waals surface area contributed by atoms with Crippen LogP contribution < -0.4 is 10.6 Å². The van der Waals surface area contributed by atoms with Gasteiger partial charge in [-0.05, 0) is 18.4 Å². The van der Waals surface area contributed by atoms with Crippen molar-refractivity contribution in [1.29, 1.82) is 0 Å². The average molecular weight is 248 g/mol. The van der Waals surface area contributed by atoms with Crippen LogP contribution in [0, 0.1) is 0 Å². The summed E-state index contributed by atoms with van der Waals surface area (Å²) < 4.78 is 5.25. The third-order valence-corrected chi connectivity index (χ3v) is 3.04. The van der Waals surface area contributed by atoms with Crippen molar-refractivity contribution in [3.05, 3.63) is 35.9 Å². The zero-order valence-electron chi connectivity index (χ0n) is 10.5. The van der Waals surface area contributed by atoms with Gasteiger partial charge in [-0.25, -0.2) is 0 Å². The van der Waals surface area contributed by atoms with Crippen LogP contribution in [-0.2, 0) is 16.1 Å². The van der Waals surface area contributed by atoms with E-state index >= 15 is 0 Å². The lowest BCUT2D eigenvalue weighted by molar-refractivity contribution is -0.121. The van der Waals surface area contributed by atoms with Crippen molar-refractivity contribution in [1.82, 2.24) is 10.6 Å². The standard InChI is InChI=1S/C14H20N2O2/c17-14(16-13-6-8-18-9-7-13)11-15-10-12-4-2-1-3-5-12/h1-5,13,15H,6-11H2,(H,16,17). The molecule has 0 radical (unpaired) electrons. The molecule has 0 spiro atoms. The van der Waals surface area contributed by atoms with Gasteiger partial charge in [0.05, 0.1) is 6.54 Å². The summed E-state index contributed by atoms with van der Waals surface area (Å²) in [7, 11) is 0. The smallest absolute Gasteiger partial charge is 0.234 e. The van der Waals surface area contributed by atoms with E-state index in [1.165, 1.54) is 5.56 Å². The van der Waals surface area contributed by atoms with Gasteiger partial charge in [-0.1, -0.05) is 30.3 Å². The van der Waals surface area contributed by atoms with Crippen molar-refractivity contribution in [2.75, 3.05) is 19.8 Å². The lowest BCUT2D eigenvalue weighted by Gasteiger charge is -2.23. The second-order valence-electron chi connectivity index (χ2n) is 4.54. The molecule has 98 valence electrons. The first-order valence-electron chi connectivity index (χ1n) is 6.46. The molecule has 0 unspecified atom stereocenters. The van der Waals surface area contributed by atoms with Crippen molar-refractivity contribution in [2.45, 2.75) is 25.4 Å². The van der Waals surface area contributed by atoms with Crippen molar-refractivity contribution in [2.24, 2.45) is 0 Å². The number of carbonyl (C=O) groups excluding carboxylic acids is 1. The third-order valence-electron chi connectivity index (χ3n) is 3.04. The second kappa shape index (κ2) is 7.13. The number of rotatable bonds is 5. The fourth-order valence-electron chi connectivity index (χ4n) is 2.04. The Bertz CT molecular complexity index is 361. The quantitative estimate of drug-likeness (QED) is 0.819. The predicted molar refractivity (Wildman–Crippen MR) is 70.1 cm³/mol. The van der Waals surface area contributed by atoms with Crippen molar-refractivity contribution in [3.8, 4) is 0 Å². The first-order valence-corrected chi connectivity index (χ1v) is 6.46. The van der Waals surface area contributed by atoms with Crippen molar-refractivity contribution >= 4 is 5.91 Å². The van der Waals surface area contributed by atoms with Crippen LogP contribution in [0.2, 0.25) is 0 Å². The highest BCUT2D eigenvalue weighted by Gasteiger charge is 2.15. The summed E-state index contributed by atoms with van der Waals surface area (Å²) in [4.78, 5) is 11.7. The molecule has 4 nitrogen and oxygen atoms in total. The molecule has 2 rings (SSSR count). The number of hydrogen-bond donors (Lipinski definition) is 2. The van der Waals surface area contributed by atoms with Gasteiger partial charge >= 0.3 is 0 Å². The molecular formula is C14H20N2O2. The lowest BCUT2D eigenvalue weighted by Crippen LogP contribution is -2.42. The van der Waals surface area contributed by atoms with Crippen LogP contribution in [0.4, 0.5) is 0 Å². The summed E-state index contributed by atoms with van der Waals surface area (Å²) in [5.74, 6) is 0.0674. The highest BCUT2D eigenvalue weighted by Crippen LogP contribution is 2.05. The van der Waals surface area contributed by atoms with E-state index in [0.717, 1.165) is 32.6 Å². The topological polar surface area (TPSA) is 50.4 Å². The fourth-order valence-corrected chi connectivity index (χ4v) is 2.04. The molecule has 0 saturated carbocycles. The molecule has 4 heteroatoms. The molecule has 0 atom stereocenters. The van der Waals surface area contributed by atoms with Gasteiger partial charge in [0.2, 0.25) is 5.91 Å². The van der Waals surface area contributed by atoms with Gasteiger partial charge in [-0.2, -0.15) is 0 Å². The fraction of sp³-hybridized carbons (Fsp3) is 0.500. The van der Waals surface area contributed by atoms with Crippen LogP contribution in [0.3, 0.4) is 0 Å². The van der Waals surface area contributed by atoms with E-state index in [9.17, 15) is 4.79 Å². The third kappa shape index (κ3) is 4.47. The molecule has 1 heterocycles. The maximum Gasteiger partial charge on any atom is 0.234 e. The molecule has 1 saturated heterocycles. The Labute approximate surface area is 108 Å². The van der Waals surface area contributed by atoms with Crippen LogP contribution in [0.1, 0.15) is 18.4 Å². The summed E-state index contributed by atoms with van der Waals surface area (Å²) in [6, 6.07) is 10.4. The van der Waals surface area contributed by atoms with Crippen molar-refractivity contribution < 1.29 is 9.53 Å². The molecule has 1 aromatic carbocycles. The van der Waals surface area contributed by atoms with E-state index in [1.54, 1.807) is 0 Å². The number of nitrogens with one attached hydrogen (secondary N) is 2. The zero-order chi connectivity index (χ0) is 12.6. The molecule has 1 aromatic rings. The summed E-state index contributed by atoms with van der Waals surface area (Å²) in [6.07, 6.45) is 1.84. The Kier molecular flexibility index (Phi) is 5.17. The first-order chi connectivity index (χ1) is 8.84. The molecule has 18 heavy (non-hydrogen) atoms. The largest absolute Gasteiger partial charge is 0.381 e. The normalized spacial score (nSPS) is 16.4. The van der Waals surface area contributed by atoms with Gasteiger partial charge in [-0.3, -0.25) is 4.79 Å². The molecule has 0 aromatic heterocycles. The maximum atomic E-state index is 11.7. The van der Waals surface area contributed by atoms with Gasteiger partial charge in [-0.15, -0.1) is 0 Å². The molecule has 0 bridgehead atoms. The van der Waals surface area contributed by atoms with Crippen LogP contribution in [0.25, 0.3) is 0 Å². The molecule has 1 aliphatic heterocycles. The first kappa shape index (κ1) is 13.1. The monoisotopic (exact) mass is 248 g/mol. The zero-order valence-corrected chi connectivity index (χ0v) is 10.5. The van der Waals surface area contributed by atoms with Crippen LogP contribution in [0.5, 0.6) is 0 Å². The average Bonchev–Trinajstić information content (AvgIpc) is 2.41. The summed E-state index contributed by atoms with van der Waals surface area (Å²) >= 11 is 0. The van der Waals surface area contributed by atoms with E-state index in [1.807, 2.05) is 30.3 Å². The Morgan fingerprint density at radius 2 is 1.94 bits per heavy atom. The van der Waals surface area contributed by atoms with Gasteiger partial charge < -0.3 is 15.4 Å². The summed E-state index contributed by atoms with van der Waals surface area (Å²) in [5, 5.41) is 6.17. The molecule has 2 N–H and O–H groups in total. The highest BCUT2D eigenvalue weighted by molar-refractivity contribution is 5.78. The minimum Gasteiger partial charge on any atom is -0.381 e. The van der Waals surface area contributed by atoms with Crippen LogP contribution in [0.15, 0.2) is 30.3 Å². The molecular weight excluding hydrogens is 228 g/mol. The number of hydrogen-bond acceptors (Lipinski definition) is 3. The molecule has 0 aliphatic carbocycles. The van der Waals surface area contributed by atoms with E-state index in [-0.39, 0.29) is 11.9 Å². The highest BCUT2D eigenvalue weighted by atomic mass is 16.5. The molecule has 1 amide bonds. The van der Waals surface area contributed by atoms with Crippen LogP contribution >= 0.6 is 0 Å². The van der Waals surface area contributed by atoms with Crippen molar-refractivity contribution in [3.63, 3.8) is 0 Å². The van der Waals surface area contributed by atoms with Crippen LogP contribution in [-0.4, -0.2) is 31.7 Å². The number of benzene rings is 1. The Morgan fingerprint density at radius 3 is 2.67 bits per heavy atom. The minimum absolute atomic E-state index is 0.0674.